The minimum Gasteiger partial charge on any atom is -0.443 e. The van der Waals surface area contributed by atoms with Gasteiger partial charge in [0.2, 0.25) is 0 Å². The van der Waals surface area contributed by atoms with Crippen LogP contribution in [-0.2, 0) is 12.5 Å². The van der Waals surface area contributed by atoms with Crippen LogP contribution < -0.4 is 5.32 Å². The highest BCUT2D eigenvalue weighted by Crippen LogP contribution is 2.25. The van der Waals surface area contributed by atoms with Gasteiger partial charge in [-0.05, 0) is 7.05 Å². The molecule has 68 valence electrons. The van der Waals surface area contributed by atoms with Crippen molar-refractivity contribution in [3.05, 3.63) is 17.8 Å². The lowest BCUT2D eigenvalue weighted by atomic mass is 10.4. The monoisotopic (exact) mass is 176 g/mol. The Bertz CT molecular complexity index is 254. The van der Waals surface area contributed by atoms with Crippen LogP contribution in [0, 0.1) is 0 Å². The Balaban J connectivity index is 2.77. The maximum Gasteiger partial charge on any atom is 0.319 e. The number of halogens is 2. The summed E-state index contributed by atoms with van der Waals surface area (Å²) in [5.41, 5.74) is 0.481. The predicted octanol–water partition coefficient (Wildman–Crippen LogP) is 1.51. The first kappa shape index (κ1) is 9.12. The molecule has 1 rings (SSSR count). The molecule has 12 heavy (non-hydrogen) atoms. The van der Waals surface area contributed by atoms with Gasteiger partial charge in [0, 0.05) is 13.5 Å². The molecular formula is C7H10F2N2O. The van der Waals surface area contributed by atoms with E-state index >= 15 is 0 Å². The second kappa shape index (κ2) is 3.18. The summed E-state index contributed by atoms with van der Waals surface area (Å²) < 4.78 is 29.6. The molecule has 1 heterocycles. The molecule has 0 spiro atoms. The smallest absolute Gasteiger partial charge is 0.319 e. The first-order valence-electron chi connectivity index (χ1n) is 3.51. The summed E-state index contributed by atoms with van der Waals surface area (Å²) in [6.07, 6.45) is 1.23. The minimum atomic E-state index is -2.99. The molecule has 1 N–H and O–H groups in total. The van der Waals surface area contributed by atoms with Crippen molar-refractivity contribution in [3.8, 4) is 0 Å². The van der Waals surface area contributed by atoms with Crippen molar-refractivity contribution in [1.29, 1.82) is 0 Å². The van der Waals surface area contributed by atoms with Crippen LogP contribution >= 0.6 is 0 Å². The van der Waals surface area contributed by atoms with Crippen molar-refractivity contribution in [3.63, 3.8) is 0 Å². The van der Waals surface area contributed by atoms with Crippen molar-refractivity contribution in [1.82, 2.24) is 10.3 Å². The van der Waals surface area contributed by atoms with E-state index in [1.54, 1.807) is 7.05 Å². The highest BCUT2D eigenvalue weighted by molar-refractivity contribution is 4.99. The topological polar surface area (TPSA) is 38.1 Å². The van der Waals surface area contributed by atoms with Gasteiger partial charge in [-0.2, -0.15) is 8.78 Å². The van der Waals surface area contributed by atoms with Gasteiger partial charge in [-0.15, -0.1) is 0 Å². The molecule has 0 aliphatic heterocycles. The lowest BCUT2D eigenvalue weighted by Crippen LogP contribution is -2.09. The Morgan fingerprint density at radius 2 is 2.33 bits per heavy atom. The summed E-state index contributed by atoms with van der Waals surface area (Å²) in [5.74, 6) is -3.53. The van der Waals surface area contributed by atoms with Crippen LogP contribution in [0.3, 0.4) is 0 Å². The van der Waals surface area contributed by atoms with Gasteiger partial charge in [-0.1, -0.05) is 0 Å². The molecule has 0 aliphatic rings. The zero-order valence-corrected chi connectivity index (χ0v) is 6.90. The minimum absolute atomic E-state index is 0.430. The van der Waals surface area contributed by atoms with Crippen molar-refractivity contribution >= 4 is 0 Å². The van der Waals surface area contributed by atoms with Crippen LogP contribution in [-0.4, -0.2) is 12.0 Å². The molecule has 0 radical (unpaired) electrons. The zero-order valence-electron chi connectivity index (χ0n) is 6.90. The summed E-state index contributed by atoms with van der Waals surface area (Å²) >= 11 is 0. The third kappa shape index (κ3) is 2.01. The summed E-state index contributed by atoms with van der Waals surface area (Å²) in [6.45, 7) is 1.18. The first-order valence-corrected chi connectivity index (χ1v) is 3.51. The number of hydrogen-bond acceptors (Lipinski definition) is 3. The molecule has 0 bridgehead atoms. The van der Waals surface area contributed by atoms with Gasteiger partial charge < -0.3 is 9.73 Å². The standard InChI is InChI=1S/C7H10F2N2O/c1-7(8,9)6-11-5(3-10-2)4-12-6/h4,10H,3H2,1-2H3. The number of hydrogen-bond donors (Lipinski definition) is 1. The van der Waals surface area contributed by atoms with E-state index < -0.39 is 11.8 Å². The van der Waals surface area contributed by atoms with Crippen molar-refractivity contribution in [2.75, 3.05) is 7.05 Å². The number of rotatable bonds is 3. The summed E-state index contributed by atoms with van der Waals surface area (Å²) in [7, 11) is 1.71. The predicted molar refractivity (Wildman–Crippen MR) is 38.8 cm³/mol. The Hall–Kier alpha value is -0.970. The number of aromatic nitrogens is 1. The van der Waals surface area contributed by atoms with E-state index in [0.29, 0.717) is 12.2 Å². The summed E-state index contributed by atoms with van der Waals surface area (Å²) in [4.78, 5) is 3.59. The van der Waals surface area contributed by atoms with E-state index in [1.807, 2.05) is 0 Å². The van der Waals surface area contributed by atoms with E-state index in [4.69, 9.17) is 0 Å². The van der Waals surface area contributed by atoms with Gasteiger partial charge in [0.1, 0.15) is 6.26 Å². The molecule has 5 heteroatoms. The van der Waals surface area contributed by atoms with Crippen molar-refractivity contribution < 1.29 is 13.2 Å². The van der Waals surface area contributed by atoms with Crippen molar-refractivity contribution in [2.45, 2.75) is 19.4 Å². The van der Waals surface area contributed by atoms with Crippen LogP contribution in [0.4, 0.5) is 8.78 Å². The third-order valence-corrected chi connectivity index (χ3v) is 1.29. The fourth-order valence-corrected chi connectivity index (χ4v) is 0.771. The average molecular weight is 176 g/mol. The zero-order chi connectivity index (χ0) is 9.19. The van der Waals surface area contributed by atoms with Gasteiger partial charge in [-0.25, -0.2) is 4.98 Å². The molecule has 0 unspecified atom stereocenters. The summed E-state index contributed by atoms with van der Waals surface area (Å²) in [6, 6.07) is 0. The normalized spacial score (nSPS) is 12.0. The van der Waals surface area contributed by atoms with Crippen LogP contribution in [0.25, 0.3) is 0 Å². The van der Waals surface area contributed by atoms with Gasteiger partial charge >= 0.3 is 5.92 Å². The molecule has 0 aromatic carbocycles. The Kier molecular flexibility index (Phi) is 2.42. The molecule has 0 atom stereocenters. The fourth-order valence-electron chi connectivity index (χ4n) is 0.771. The Labute approximate surface area is 68.8 Å². The highest BCUT2D eigenvalue weighted by atomic mass is 19.3. The van der Waals surface area contributed by atoms with Gasteiger partial charge in [-0.3, -0.25) is 0 Å². The van der Waals surface area contributed by atoms with Crippen LogP contribution in [0.5, 0.6) is 0 Å². The lowest BCUT2D eigenvalue weighted by Gasteiger charge is -2.02. The molecule has 0 saturated carbocycles. The van der Waals surface area contributed by atoms with Crippen LogP contribution in [0.2, 0.25) is 0 Å². The van der Waals surface area contributed by atoms with Gasteiger partial charge in [0.05, 0.1) is 5.69 Å². The molecule has 0 saturated heterocycles. The van der Waals surface area contributed by atoms with Gasteiger partial charge in [0.25, 0.3) is 5.89 Å². The maximum atomic E-state index is 12.5. The number of oxazole rings is 1. The number of alkyl halides is 2. The van der Waals surface area contributed by atoms with E-state index in [2.05, 4.69) is 14.7 Å². The second-order valence-electron chi connectivity index (χ2n) is 2.56. The fraction of sp³-hybridized carbons (Fsp3) is 0.571. The van der Waals surface area contributed by atoms with Gasteiger partial charge in [0.15, 0.2) is 0 Å². The second-order valence-corrected chi connectivity index (χ2v) is 2.56. The third-order valence-electron chi connectivity index (χ3n) is 1.29. The van der Waals surface area contributed by atoms with E-state index in [1.165, 1.54) is 6.26 Å². The molecule has 3 nitrogen and oxygen atoms in total. The SMILES string of the molecule is CNCc1coc(C(C)(F)F)n1. The molecule has 0 amide bonds. The molecule has 1 aromatic heterocycles. The number of nitrogens with one attached hydrogen (secondary N) is 1. The lowest BCUT2D eigenvalue weighted by molar-refractivity contribution is -0.0109. The van der Waals surface area contributed by atoms with E-state index in [-0.39, 0.29) is 0 Å². The van der Waals surface area contributed by atoms with Crippen LogP contribution in [0.15, 0.2) is 10.7 Å². The highest BCUT2D eigenvalue weighted by Gasteiger charge is 2.30. The average Bonchev–Trinajstić information content (AvgIpc) is 2.35. The molecule has 1 aromatic rings. The van der Waals surface area contributed by atoms with E-state index in [9.17, 15) is 8.78 Å². The van der Waals surface area contributed by atoms with Crippen molar-refractivity contribution in [2.24, 2.45) is 0 Å². The first-order chi connectivity index (χ1) is 5.54. The molecule has 0 fully saturated rings. The largest absolute Gasteiger partial charge is 0.443 e. The Morgan fingerprint density at radius 1 is 1.67 bits per heavy atom. The van der Waals surface area contributed by atoms with Crippen LogP contribution in [0.1, 0.15) is 18.5 Å². The Morgan fingerprint density at radius 3 is 2.75 bits per heavy atom. The quantitative estimate of drug-likeness (QED) is 0.758. The maximum absolute atomic E-state index is 12.5. The molecular weight excluding hydrogens is 166 g/mol. The number of nitrogens with zero attached hydrogens (tertiary/aromatic N) is 1. The molecule has 0 aliphatic carbocycles. The summed E-state index contributed by atoms with van der Waals surface area (Å²) in [5, 5.41) is 2.78. The van der Waals surface area contributed by atoms with E-state index in [0.717, 1.165) is 6.92 Å².